The molecule has 1 amide bonds. The van der Waals surface area contributed by atoms with Crippen molar-refractivity contribution in [2.24, 2.45) is 0 Å². The van der Waals surface area contributed by atoms with Crippen molar-refractivity contribution < 1.29 is 14.7 Å². The van der Waals surface area contributed by atoms with Gasteiger partial charge in [0.25, 0.3) is 5.91 Å². The number of aryl methyl sites for hydroxylation is 3. The molecule has 1 aliphatic rings. The predicted octanol–water partition coefficient (Wildman–Crippen LogP) is 6.58. The number of aromatic nitrogens is 1. The summed E-state index contributed by atoms with van der Waals surface area (Å²) in [5.74, 6) is -1.44. The summed E-state index contributed by atoms with van der Waals surface area (Å²) in [5, 5.41) is 13.6. The molecule has 0 aliphatic carbocycles. The molecule has 1 atom stereocenters. The van der Waals surface area contributed by atoms with Crippen LogP contribution in [-0.2, 0) is 4.79 Å². The number of ketones is 1. The van der Waals surface area contributed by atoms with Gasteiger partial charge in [0, 0.05) is 16.1 Å². The molecular formula is C27H22N2O3S2. The summed E-state index contributed by atoms with van der Waals surface area (Å²) < 4.78 is 0. The number of thiazole rings is 1. The van der Waals surface area contributed by atoms with E-state index in [1.807, 2.05) is 79.9 Å². The van der Waals surface area contributed by atoms with E-state index in [0.29, 0.717) is 16.3 Å². The topological polar surface area (TPSA) is 70.5 Å². The molecule has 1 unspecified atom stereocenters. The smallest absolute Gasteiger partial charge is 0.294 e. The molecule has 2 aromatic carbocycles. The number of hydrogen-bond acceptors (Lipinski definition) is 6. The highest BCUT2D eigenvalue weighted by atomic mass is 32.1. The second-order valence-corrected chi connectivity index (χ2v) is 10.3. The fourth-order valence-corrected chi connectivity index (χ4v) is 6.16. The van der Waals surface area contributed by atoms with Crippen molar-refractivity contribution in [2.45, 2.75) is 26.8 Å². The Morgan fingerprint density at radius 3 is 2.47 bits per heavy atom. The van der Waals surface area contributed by atoms with Crippen molar-refractivity contribution in [2.75, 3.05) is 4.90 Å². The molecule has 5 rings (SSSR count). The zero-order valence-corrected chi connectivity index (χ0v) is 20.5. The Morgan fingerprint density at radius 2 is 1.79 bits per heavy atom. The third kappa shape index (κ3) is 3.67. The molecule has 170 valence electrons. The molecule has 0 fully saturated rings. The minimum absolute atomic E-state index is 0.0961. The van der Waals surface area contributed by atoms with Crippen LogP contribution in [0.15, 0.2) is 77.4 Å². The lowest BCUT2D eigenvalue weighted by atomic mass is 9.99. The van der Waals surface area contributed by atoms with Gasteiger partial charge in [0.1, 0.15) is 11.0 Å². The molecular weight excluding hydrogens is 464 g/mol. The Kier molecular flexibility index (Phi) is 5.67. The zero-order valence-electron chi connectivity index (χ0n) is 18.9. The maximum absolute atomic E-state index is 13.9. The zero-order chi connectivity index (χ0) is 24.0. The number of benzene rings is 2. The number of Topliss-reactive ketones (excluding diaryl/α,β-unsaturated/α-hetero) is 1. The molecule has 5 nitrogen and oxygen atoms in total. The number of carbonyl (C=O) groups excluding carboxylic acids is 2. The van der Waals surface area contributed by atoms with Gasteiger partial charge in [-0.15, -0.1) is 22.7 Å². The van der Waals surface area contributed by atoms with Crippen LogP contribution in [0.3, 0.4) is 0 Å². The van der Waals surface area contributed by atoms with Gasteiger partial charge >= 0.3 is 0 Å². The number of carbonyl (C=O) groups is 2. The van der Waals surface area contributed by atoms with Crippen molar-refractivity contribution in [1.29, 1.82) is 0 Å². The maximum atomic E-state index is 13.9. The number of rotatable bonds is 5. The van der Waals surface area contributed by atoms with Gasteiger partial charge in [-0.3, -0.25) is 14.5 Å². The van der Waals surface area contributed by atoms with Gasteiger partial charge in [-0.05, 0) is 43.8 Å². The lowest BCUT2D eigenvalue weighted by Crippen LogP contribution is -2.31. The molecule has 0 spiro atoms. The summed E-state index contributed by atoms with van der Waals surface area (Å²) in [7, 11) is 0. The molecule has 4 aromatic rings. The van der Waals surface area contributed by atoms with Gasteiger partial charge in [0.2, 0.25) is 5.78 Å². The minimum Gasteiger partial charge on any atom is -0.503 e. The van der Waals surface area contributed by atoms with Crippen molar-refractivity contribution in [1.82, 2.24) is 4.98 Å². The van der Waals surface area contributed by atoms with Gasteiger partial charge in [-0.1, -0.05) is 54.1 Å². The normalized spacial score (nSPS) is 15.9. The predicted molar refractivity (Wildman–Crippen MR) is 137 cm³/mol. The Balaban J connectivity index is 1.62. The molecule has 7 heteroatoms. The first-order valence-electron chi connectivity index (χ1n) is 10.8. The first-order valence-corrected chi connectivity index (χ1v) is 12.5. The number of aliphatic hydroxyl groups excluding tert-OH is 1. The summed E-state index contributed by atoms with van der Waals surface area (Å²) in [6.07, 6.45) is 0. The van der Waals surface area contributed by atoms with Crippen molar-refractivity contribution >= 4 is 40.1 Å². The van der Waals surface area contributed by atoms with Gasteiger partial charge in [0.15, 0.2) is 5.76 Å². The number of amides is 1. The fraction of sp³-hybridized carbons (Fsp3) is 0.148. The van der Waals surface area contributed by atoms with Crippen molar-refractivity contribution in [3.05, 3.63) is 104 Å². The molecule has 3 heterocycles. The highest BCUT2D eigenvalue weighted by molar-refractivity contribution is 7.17. The van der Waals surface area contributed by atoms with Gasteiger partial charge in [-0.25, -0.2) is 4.98 Å². The van der Waals surface area contributed by atoms with Gasteiger partial charge in [0.05, 0.1) is 16.1 Å². The van der Waals surface area contributed by atoms with Crippen LogP contribution in [0.4, 0.5) is 5.69 Å². The molecule has 0 radical (unpaired) electrons. The van der Waals surface area contributed by atoms with E-state index >= 15 is 0 Å². The van der Waals surface area contributed by atoms with E-state index in [1.165, 1.54) is 27.6 Å². The lowest BCUT2D eigenvalue weighted by molar-refractivity contribution is -0.117. The first kappa shape index (κ1) is 22.3. The van der Waals surface area contributed by atoms with E-state index in [-0.39, 0.29) is 11.4 Å². The van der Waals surface area contributed by atoms with Crippen molar-refractivity contribution in [3.63, 3.8) is 0 Å². The van der Waals surface area contributed by atoms with E-state index in [0.717, 1.165) is 26.6 Å². The molecule has 0 bridgehead atoms. The second kappa shape index (κ2) is 8.66. The summed E-state index contributed by atoms with van der Waals surface area (Å²) >= 11 is 2.73. The van der Waals surface area contributed by atoms with E-state index < -0.39 is 17.7 Å². The monoisotopic (exact) mass is 486 g/mol. The minimum atomic E-state index is -0.705. The lowest BCUT2D eigenvalue weighted by Gasteiger charge is -2.27. The molecule has 34 heavy (non-hydrogen) atoms. The van der Waals surface area contributed by atoms with E-state index in [9.17, 15) is 14.7 Å². The molecule has 1 N–H and O–H groups in total. The third-order valence-corrected chi connectivity index (χ3v) is 8.03. The van der Waals surface area contributed by atoms with Crippen LogP contribution in [0.2, 0.25) is 0 Å². The molecule has 0 saturated carbocycles. The molecule has 1 aliphatic heterocycles. The highest BCUT2D eigenvalue weighted by Gasteiger charge is 2.46. The standard InChI is InChI=1S/C27H22N2O3S2/c1-15-11-12-19(16(2)14-15)29-22(20-10-7-13-33-20)21(24(31)27(29)32)23(30)25-17(3)28-26(34-25)18-8-5-4-6-9-18/h4-14,22,31H,1-3H3. The van der Waals surface area contributed by atoms with Gasteiger partial charge < -0.3 is 5.11 Å². The first-order chi connectivity index (χ1) is 16.4. The van der Waals surface area contributed by atoms with Crippen LogP contribution in [-0.4, -0.2) is 21.8 Å². The number of nitrogens with zero attached hydrogens (tertiary/aromatic N) is 2. The number of aliphatic hydroxyl groups is 1. The average molecular weight is 487 g/mol. The van der Waals surface area contributed by atoms with Crippen molar-refractivity contribution in [3.8, 4) is 10.6 Å². The largest absolute Gasteiger partial charge is 0.503 e. The van der Waals surface area contributed by atoms with Crippen LogP contribution >= 0.6 is 22.7 Å². The van der Waals surface area contributed by atoms with E-state index in [4.69, 9.17) is 0 Å². The number of hydrogen-bond donors (Lipinski definition) is 1. The van der Waals surface area contributed by atoms with Crippen LogP contribution in [0, 0.1) is 20.8 Å². The summed E-state index contributed by atoms with van der Waals surface area (Å²) in [5.41, 5.74) is 4.24. The number of thiophene rings is 1. The summed E-state index contributed by atoms with van der Waals surface area (Å²) in [6.45, 7) is 5.70. The fourth-order valence-electron chi connectivity index (χ4n) is 4.31. The third-order valence-electron chi connectivity index (χ3n) is 5.90. The molecule has 0 saturated heterocycles. The van der Waals surface area contributed by atoms with Crippen LogP contribution in [0.25, 0.3) is 10.6 Å². The Labute approximate surface area is 205 Å². The highest BCUT2D eigenvalue weighted by Crippen LogP contribution is 2.45. The van der Waals surface area contributed by atoms with E-state index in [2.05, 4.69) is 4.98 Å². The average Bonchev–Trinajstić information content (AvgIpc) is 3.54. The SMILES string of the molecule is Cc1ccc(N2C(=O)C(O)=C(C(=O)c3sc(-c4ccccc4)nc3C)C2c2cccs2)c(C)c1. The Morgan fingerprint density at radius 1 is 1.03 bits per heavy atom. The summed E-state index contributed by atoms with van der Waals surface area (Å²) in [4.78, 5) is 34.6. The quantitative estimate of drug-likeness (QED) is 0.324. The van der Waals surface area contributed by atoms with E-state index in [1.54, 1.807) is 6.92 Å². The Hall–Kier alpha value is -3.55. The molecule has 2 aromatic heterocycles. The van der Waals surface area contributed by atoms with Gasteiger partial charge in [-0.2, -0.15) is 0 Å². The summed E-state index contributed by atoms with van der Waals surface area (Å²) in [6, 6.07) is 18.5. The second-order valence-electron chi connectivity index (χ2n) is 8.27. The number of anilines is 1. The Bertz CT molecular complexity index is 1440. The maximum Gasteiger partial charge on any atom is 0.294 e. The van der Waals surface area contributed by atoms with Crippen LogP contribution < -0.4 is 4.90 Å². The van der Waals surface area contributed by atoms with Crippen LogP contribution in [0.1, 0.15) is 37.4 Å². The van der Waals surface area contributed by atoms with Crippen LogP contribution in [0.5, 0.6) is 0 Å².